The maximum atomic E-state index is 11.8. The van der Waals surface area contributed by atoms with Crippen molar-refractivity contribution in [1.82, 2.24) is 5.32 Å². The molecule has 1 aromatic rings. The highest BCUT2D eigenvalue weighted by atomic mass is 32.2. The van der Waals surface area contributed by atoms with Crippen LogP contribution in [0.1, 0.15) is 20.3 Å². The normalized spacial score (nSPS) is 14.0. The molecule has 0 aliphatic heterocycles. The summed E-state index contributed by atoms with van der Waals surface area (Å²) >= 11 is 0. The lowest BCUT2D eigenvalue weighted by atomic mass is 9.99. The topological polar surface area (TPSA) is 139 Å². The molecule has 0 aliphatic rings. The Morgan fingerprint density at radius 2 is 1.82 bits per heavy atom. The van der Waals surface area contributed by atoms with E-state index in [-0.39, 0.29) is 10.8 Å². The van der Waals surface area contributed by atoms with E-state index in [1.54, 1.807) is 6.92 Å². The number of nitrogens with one attached hydrogen (secondary N) is 2. The molecule has 0 unspecified atom stereocenters. The van der Waals surface area contributed by atoms with E-state index in [9.17, 15) is 18.0 Å². The van der Waals surface area contributed by atoms with Crippen molar-refractivity contribution in [3.63, 3.8) is 0 Å². The summed E-state index contributed by atoms with van der Waals surface area (Å²) in [7, 11) is -3.80. The molecule has 0 saturated carbocycles. The molecule has 2 atom stereocenters. The van der Waals surface area contributed by atoms with E-state index in [2.05, 4.69) is 10.6 Å². The van der Waals surface area contributed by atoms with Crippen molar-refractivity contribution in [2.45, 2.75) is 31.2 Å². The van der Waals surface area contributed by atoms with Gasteiger partial charge in [-0.15, -0.1) is 0 Å². The standard InChI is InChI=1S/C13H19N3O5S/c1-3-8(2)11(12(17)18)16-13(19)15-9-4-6-10(7-5-9)22(14,20)21/h4-8,11H,3H2,1-2H3,(H,17,18)(H2,14,20,21)(H2,15,16,19)/t8-,11+/m1/s1. The van der Waals surface area contributed by atoms with Crippen molar-refractivity contribution in [3.05, 3.63) is 24.3 Å². The van der Waals surface area contributed by atoms with Crippen LogP contribution in [0.15, 0.2) is 29.2 Å². The molecule has 0 aromatic heterocycles. The molecule has 1 rings (SSSR count). The number of aliphatic carboxylic acids is 1. The Kier molecular flexibility index (Phi) is 5.89. The predicted octanol–water partition coefficient (Wildman–Crippen LogP) is 0.955. The fourth-order valence-electron chi connectivity index (χ4n) is 1.72. The second-order valence-corrected chi connectivity index (χ2v) is 6.43. The van der Waals surface area contributed by atoms with Gasteiger partial charge in [-0.05, 0) is 30.2 Å². The molecule has 2 amide bonds. The Morgan fingerprint density at radius 1 is 1.27 bits per heavy atom. The summed E-state index contributed by atoms with van der Waals surface area (Å²) in [4.78, 5) is 22.8. The molecule has 9 heteroatoms. The van der Waals surface area contributed by atoms with E-state index in [4.69, 9.17) is 10.2 Å². The zero-order chi connectivity index (χ0) is 16.9. The van der Waals surface area contributed by atoms with Gasteiger partial charge in [0.1, 0.15) is 6.04 Å². The fourth-order valence-corrected chi connectivity index (χ4v) is 2.23. The number of sulfonamides is 1. The van der Waals surface area contributed by atoms with Gasteiger partial charge in [-0.2, -0.15) is 0 Å². The molecule has 0 bridgehead atoms. The lowest BCUT2D eigenvalue weighted by molar-refractivity contribution is -0.140. The number of carboxylic acids is 1. The quantitative estimate of drug-likeness (QED) is 0.615. The van der Waals surface area contributed by atoms with E-state index in [0.717, 1.165) is 0 Å². The molecular formula is C13H19N3O5S. The number of benzene rings is 1. The molecule has 0 heterocycles. The number of carbonyl (C=O) groups is 2. The third kappa shape index (κ3) is 5.01. The summed E-state index contributed by atoms with van der Waals surface area (Å²) in [6.07, 6.45) is 0.598. The van der Waals surface area contributed by atoms with Gasteiger partial charge in [-0.1, -0.05) is 20.3 Å². The molecule has 122 valence electrons. The van der Waals surface area contributed by atoms with Gasteiger partial charge in [-0.3, -0.25) is 0 Å². The van der Waals surface area contributed by atoms with Crippen LogP contribution in [0, 0.1) is 5.92 Å². The smallest absolute Gasteiger partial charge is 0.326 e. The van der Waals surface area contributed by atoms with Crippen LogP contribution in [0.4, 0.5) is 10.5 Å². The number of carbonyl (C=O) groups excluding carboxylic acids is 1. The van der Waals surface area contributed by atoms with Gasteiger partial charge in [0.15, 0.2) is 0 Å². The number of rotatable bonds is 6. The van der Waals surface area contributed by atoms with Crippen LogP contribution in [-0.2, 0) is 14.8 Å². The van der Waals surface area contributed by atoms with Crippen molar-refractivity contribution in [3.8, 4) is 0 Å². The minimum atomic E-state index is -3.80. The molecule has 8 nitrogen and oxygen atoms in total. The molecule has 0 spiro atoms. The monoisotopic (exact) mass is 329 g/mol. The first kappa shape index (κ1) is 17.9. The summed E-state index contributed by atoms with van der Waals surface area (Å²) in [5, 5.41) is 18.9. The molecule has 22 heavy (non-hydrogen) atoms. The SMILES string of the molecule is CC[C@@H](C)[C@H](NC(=O)Nc1ccc(S(N)(=O)=O)cc1)C(=O)O. The maximum absolute atomic E-state index is 11.8. The molecule has 0 fully saturated rings. The van der Waals surface area contributed by atoms with Crippen LogP contribution in [0.2, 0.25) is 0 Å². The number of anilines is 1. The van der Waals surface area contributed by atoms with Crippen molar-refractivity contribution < 1.29 is 23.1 Å². The number of amides is 2. The van der Waals surface area contributed by atoms with Gasteiger partial charge < -0.3 is 15.7 Å². The van der Waals surface area contributed by atoms with Gasteiger partial charge >= 0.3 is 12.0 Å². The number of nitrogens with two attached hydrogens (primary N) is 1. The van der Waals surface area contributed by atoms with Crippen LogP contribution in [0.3, 0.4) is 0 Å². The molecule has 0 aliphatic carbocycles. The van der Waals surface area contributed by atoms with Crippen LogP contribution in [-0.4, -0.2) is 31.6 Å². The largest absolute Gasteiger partial charge is 0.480 e. The third-order valence-corrected chi connectivity index (χ3v) is 4.14. The van der Waals surface area contributed by atoms with Crippen molar-refractivity contribution in [2.24, 2.45) is 11.1 Å². The Balaban J connectivity index is 2.74. The number of primary sulfonamides is 1. The van der Waals surface area contributed by atoms with Gasteiger partial charge in [0.05, 0.1) is 4.90 Å². The van der Waals surface area contributed by atoms with Gasteiger partial charge in [0.2, 0.25) is 10.0 Å². The summed E-state index contributed by atoms with van der Waals surface area (Å²) in [6, 6.07) is 3.52. The lowest BCUT2D eigenvalue weighted by Crippen LogP contribution is -2.46. The van der Waals surface area contributed by atoms with Crippen molar-refractivity contribution >= 4 is 27.7 Å². The minimum absolute atomic E-state index is 0.0820. The zero-order valence-electron chi connectivity index (χ0n) is 12.2. The minimum Gasteiger partial charge on any atom is -0.480 e. The second kappa shape index (κ2) is 7.23. The summed E-state index contributed by atoms with van der Waals surface area (Å²) in [5.74, 6) is -1.35. The van der Waals surface area contributed by atoms with Gasteiger partial charge in [0, 0.05) is 5.69 Å². The van der Waals surface area contributed by atoms with E-state index in [1.807, 2.05) is 6.92 Å². The van der Waals surface area contributed by atoms with Crippen LogP contribution in [0.5, 0.6) is 0 Å². The molecule has 0 radical (unpaired) electrons. The van der Waals surface area contributed by atoms with Crippen molar-refractivity contribution in [1.29, 1.82) is 0 Å². The number of hydrogen-bond donors (Lipinski definition) is 4. The highest BCUT2D eigenvalue weighted by Gasteiger charge is 2.25. The van der Waals surface area contributed by atoms with E-state index >= 15 is 0 Å². The highest BCUT2D eigenvalue weighted by Crippen LogP contribution is 2.13. The van der Waals surface area contributed by atoms with E-state index < -0.39 is 28.1 Å². The Bertz CT molecular complexity index is 642. The average molecular weight is 329 g/mol. The second-order valence-electron chi connectivity index (χ2n) is 4.87. The maximum Gasteiger partial charge on any atom is 0.326 e. The van der Waals surface area contributed by atoms with Crippen molar-refractivity contribution in [2.75, 3.05) is 5.32 Å². The number of hydrogen-bond acceptors (Lipinski definition) is 4. The zero-order valence-corrected chi connectivity index (χ0v) is 13.1. The van der Waals surface area contributed by atoms with E-state index in [0.29, 0.717) is 12.1 Å². The Hall–Kier alpha value is -2.13. The summed E-state index contributed by atoms with van der Waals surface area (Å²) in [6.45, 7) is 3.55. The molecule has 0 saturated heterocycles. The average Bonchev–Trinajstić information content (AvgIpc) is 2.43. The van der Waals surface area contributed by atoms with Crippen LogP contribution in [0.25, 0.3) is 0 Å². The third-order valence-electron chi connectivity index (χ3n) is 3.21. The van der Waals surface area contributed by atoms with Crippen LogP contribution < -0.4 is 15.8 Å². The van der Waals surface area contributed by atoms with E-state index in [1.165, 1.54) is 24.3 Å². The predicted molar refractivity (Wildman–Crippen MR) is 80.8 cm³/mol. The highest BCUT2D eigenvalue weighted by molar-refractivity contribution is 7.89. The van der Waals surface area contributed by atoms with Crippen LogP contribution >= 0.6 is 0 Å². The summed E-state index contributed by atoms with van der Waals surface area (Å²) in [5.41, 5.74) is 0.318. The first-order valence-electron chi connectivity index (χ1n) is 6.58. The molecular weight excluding hydrogens is 310 g/mol. The lowest BCUT2D eigenvalue weighted by Gasteiger charge is -2.20. The first-order valence-corrected chi connectivity index (χ1v) is 8.13. The Morgan fingerprint density at radius 3 is 2.23 bits per heavy atom. The Labute approximate surface area is 128 Å². The van der Waals surface area contributed by atoms with Gasteiger partial charge in [-0.25, -0.2) is 23.1 Å². The van der Waals surface area contributed by atoms with Gasteiger partial charge in [0.25, 0.3) is 0 Å². The molecule has 5 N–H and O–H groups in total. The first-order chi connectivity index (χ1) is 10.1. The summed E-state index contributed by atoms with van der Waals surface area (Å²) < 4.78 is 22.2. The molecule has 1 aromatic carbocycles. The number of urea groups is 1. The fraction of sp³-hybridized carbons (Fsp3) is 0.385. The number of carboxylic acid groups (broad SMARTS) is 1.